The van der Waals surface area contributed by atoms with E-state index in [0.29, 0.717) is 36.5 Å². The van der Waals surface area contributed by atoms with Crippen molar-refractivity contribution < 1.29 is 32.3 Å². The molecule has 12 heteroatoms. The molecule has 186 valence electrons. The standard InChI is InChI=1S/C22H29N3O7S2/c1-3-32-21(28)16-7-8-17-18(13-16)33-22(25(17)11-12-31-2)23-19(26)14-34(29,30)15-20(27)24-9-5-4-6-10-24/h7-8,13H,3-6,9-12,14-15H2,1-2H3. The van der Waals surface area contributed by atoms with Crippen molar-refractivity contribution in [3.63, 3.8) is 0 Å². The molecule has 2 amide bonds. The van der Waals surface area contributed by atoms with E-state index in [1.165, 1.54) is 4.90 Å². The van der Waals surface area contributed by atoms with Gasteiger partial charge in [0, 0.05) is 26.7 Å². The minimum atomic E-state index is -3.96. The molecule has 1 aromatic carbocycles. The summed E-state index contributed by atoms with van der Waals surface area (Å²) >= 11 is 1.16. The molecule has 0 spiro atoms. The van der Waals surface area contributed by atoms with Gasteiger partial charge in [-0.15, -0.1) is 0 Å². The number of likely N-dealkylation sites (tertiary alicyclic amines) is 1. The van der Waals surface area contributed by atoms with E-state index < -0.39 is 39.1 Å². The fraction of sp³-hybridized carbons (Fsp3) is 0.545. The number of rotatable bonds is 9. The third-order valence-electron chi connectivity index (χ3n) is 5.33. The van der Waals surface area contributed by atoms with E-state index in [1.807, 2.05) is 0 Å². The number of benzene rings is 1. The van der Waals surface area contributed by atoms with Crippen LogP contribution in [-0.4, -0.2) is 80.6 Å². The molecule has 1 saturated heterocycles. The van der Waals surface area contributed by atoms with E-state index >= 15 is 0 Å². The SMILES string of the molecule is CCOC(=O)c1ccc2c(c1)sc(=NC(=O)CS(=O)(=O)CC(=O)N1CCCCC1)n2CCOC. The zero-order chi connectivity index (χ0) is 24.7. The molecule has 0 bridgehead atoms. The molecular formula is C22H29N3O7S2. The van der Waals surface area contributed by atoms with Crippen LogP contribution in [0, 0.1) is 0 Å². The molecule has 1 fully saturated rings. The predicted octanol–water partition coefficient (Wildman–Crippen LogP) is 1.38. The Morgan fingerprint density at radius 3 is 2.53 bits per heavy atom. The number of ether oxygens (including phenoxy) is 2. The van der Waals surface area contributed by atoms with Crippen LogP contribution in [0.1, 0.15) is 36.5 Å². The molecule has 2 heterocycles. The first kappa shape index (κ1) is 26.0. The maximum atomic E-state index is 12.6. The number of amides is 2. The highest BCUT2D eigenvalue weighted by molar-refractivity contribution is 7.92. The lowest BCUT2D eigenvalue weighted by molar-refractivity contribution is -0.129. The quantitative estimate of drug-likeness (QED) is 0.466. The van der Waals surface area contributed by atoms with Gasteiger partial charge < -0.3 is 18.9 Å². The predicted molar refractivity (Wildman–Crippen MR) is 127 cm³/mol. The maximum Gasteiger partial charge on any atom is 0.338 e. The van der Waals surface area contributed by atoms with Gasteiger partial charge in [0.25, 0.3) is 5.91 Å². The topological polar surface area (TPSA) is 124 Å². The Hall–Kier alpha value is -2.57. The number of esters is 1. The van der Waals surface area contributed by atoms with E-state index in [2.05, 4.69) is 4.99 Å². The van der Waals surface area contributed by atoms with E-state index in [-0.39, 0.29) is 11.4 Å². The highest BCUT2D eigenvalue weighted by Crippen LogP contribution is 2.20. The molecule has 10 nitrogen and oxygen atoms in total. The highest BCUT2D eigenvalue weighted by Gasteiger charge is 2.25. The molecule has 1 aromatic heterocycles. The number of carbonyl (C=O) groups excluding carboxylic acids is 3. The van der Waals surface area contributed by atoms with Gasteiger partial charge in [0.2, 0.25) is 5.91 Å². The summed E-state index contributed by atoms with van der Waals surface area (Å²) in [5, 5.41) is 0. The van der Waals surface area contributed by atoms with Crippen molar-refractivity contribution >= 4 is 49.2 Å². The fourth-order valence-electron chi connectivity index (χ4n) is 3.70. The molecule has 34 heavy (non-hydrogen) atoms. The second-order valence-corrected chi connectivity index (χ2v) is 11.0. The molecule has 0 saturated carbocycles. The minimum Gasteiger partial charge on any atom is -0.462 e. The summed E-state index contributed by atoms with van der Waals surface area (Å²) in [5.74, 6) is -3.34. The average molecular weight is 512 g/mol. The van der Waals surface area contributed by atoms with Crippen LogP contribution in [0.15, 0.2) is 23.2 Å². The highest BCUT2D eigenvalue weighted by atomic mass is 32.2. The van der Waals surface area contributed by atoms with Gasteiger partial charge in [-0.2, -0.15) is 4.99 Å². The molecule has 0 N–H and O–H groups in total. The Kier molecular flexibility index (Phi) is 8.97. The molecular weight excluding hydrogens is 482 g/mol. The second kappa shape index (κ2) is 11.7. The number of carbonyl (C=O) groups is 3. The number of aromatic nitrogens is 1. The van der Waals surface area contributed by atoms with Crippen molar-refractivity contribution in [3.05, 3.63) is 28.6 Å². The molecule has 1 aliphatic rings. The first-order valence-electron chi connectivity index (χ1n) is 11.1. The Morgan fingerprint density at radius 2 is 1.85 bits per heavy atom. The summed E-state index contributed by atoms with van der Waals surface area (Å²) in [5.41, 5.74) is 1.09. The molecule has 0 unspecified atom stereocenters. The van der Waals surface area contributed by atoms with Gasteiger partial charge in [0.15, 0.2) is 14.6 Å². The number of hydrogen-bond donors (Lipinski definition) is 0. The zero-order valence-electron chi connectivity index (χ0n) is 19.3. The van der Waals surface area contributed by atoms with Crippen molar-refractivity contribution in [1.82, 2.24) is 9.47 Å². The van der Waals surface area contributed by atoms with Crippen LogP contribution >= 0.6 is 11.3 Å². The lowest BCUT2D eigenvalue weighted by atomic mass is 10.1. The molecule has 0 atom stereocenters. The number of thiazole rings is 1. The van der Waals surface area contributed by atoms with Crippen LogP contribution in [0.4, 0.5) is 0 Å². The normalized spacial score (nSPS) is 15.0. The molecule has 0 aliphatic carbocycles. The Labute approximate surface area is 202 Å². The van der Waals surface area contributed by atoms with E-state index in [1.54, 1.807) is 36.8 Å². The number of sulfone groups is 1. The van der Waals surface area contributed by atoms with Crippen LogP contribution in [0.2, 0.25) is 0 Å². The van der Waals surface area contributed by atoms with Crippen LogP contribution in [0.3, 0.4) is 0 Å². The van der Waals surface area contributed by atoms with Crippen LogP contribution in [0.5, 0.6) is 0 Å². The van der Waals surface area contributed by atoms with Crippen molar-refractivity contribution in [3.8, 4) is 0 Å². The lowest BCUT2D eigenvalue weighted by Crippen LogP contribution is -2.40. The zero-order valence-corrected chi connectivity index (χ0v) is 21.0. The number of methoxy groups -OCH3 is 1. The van der Waals surface area contributed by atoms with Gasteiger partial charge in [-0.1, -0.05) is 11.3 Å². The summed E-state index contributed by atoms with van der Waals surface area (Å²) in [4.78, 5) is 42.8. The van der Waals surface area contributed by atoms with Crippen molar-refractivity contribution in [2.75, 3.05) is 44.9 Å². The van der Waals surface area contributed by atoms with Gasteiger partial charge in [0.05, 0.1) is 29.0 Å². The number of hydrogen-bond acceptors (Lipinski definition) is 8. The van der Waals surface area contributed by atoms with Crippen molar-refractivity contribution in [2.24, 2.45) is 4.99 Å². The van der Waals surface area contributed by atoms with Crippen molar-refractivity contribution in [1.29, 1.82) is 0 Å². The van der Waals surface area contributed by atoms with E-state index in [0.717, 1.165) is 36.1 Å². The van der Waals surface area contributed by atoms with E-state index in [4.69, 9.17) is 9.47 Å². The van der Waals surface area contributed by atoms with E-state index in [9.17, 15) is 22.8 Å². The molecule has 3 rings (SSSR count). The average Bonchev–Trinajstić information content (AvgIpc) is 3.13. The summed E-state index contributed by atoms with van der Waals surface area (Å²) < 4.78 is 37.6. The summed E-state index contributed by atoms with van der Waals surface area (Å²) in [6.07, 6.45) is 2.73. The number of fused-ring (bicyclic) bond motifs is 1. The molecule has 2 aromatic rings. The first-order chi connectivity index (χ1) is 16.2. The van der Waals surface area contributed by atoms with Crippen molar-refractivity contribution in [2.45, 2.75) is 32.7 Å². The smallest absolute Gasteiger partial charge is 0.338 e. The Bertz CT molecular complexity index is 1220. The summed E-state index contributed by atoms with van der Waals surface area (Å²) in [7, 11) is -2.42. The summed E-state index contributed by atoms with van der Waals surface area (Å²) in [6, 6.07) is 5.00. The van der Waals surface area contributed by atoms with Crippen LogP contribution in [0.25, 0.3) is 10.2 Å². The minimum absolute atomic E-state index is 0.249. The number of nitrogens with zero attached hydrogens (tertiary/aromatic N) is 3. The second-order valence-electron chi connectivity index (χ2n) is 7.91. The van der Waals surface area contributed by atoms with Gasteiger partial charge in [0.1, 0.15) is 11.5 Å². The fourth-order valence-corrected chi connectivity index (χ4v) is 5.91. The van der Waals surface area contributed by atoms with Crippen LogP contribution in [-0.2, 0) is 35.4 Å². The van der Waals surface area contributed by atoms with Gasteiger partial charge in [-0.05, 0) is 44.4 Å². The van der Waals surface area contributed by atoms with Gasteiger partial charge >= 0.3 is 5.97 Å². The largest absolute Gasteiger partial charge is 0.462 e. The van der Waals surface area contributed by atoms with Gasteiger partial charge in [-0.25, -0.2) is 13.2 Å². The third kappa shape index (κ3) is 6.73. The monoisotopic (exact) mass is 511 g/mol. The maximum absolute atomic E-state index is 12.6. The van der Waals surface area contributed by atoms with Crippen LogP contribution < -0.4 is 4.80 Å². The summed E-state index contributed by atoms with van der Waals surface area (Å²) in [6.45, 7) is 3.77. The third-order valence-corrected chi connectivity index (χ3v) is 7.74. The van der Waals surface area contributed by atoms with Gasteiger partial charge in [-0.3, -0.25) is 9.59 Å². The Balaban J connectivity index is 1.84. The Morgan fingerprint density at radius 1 is 1.12 bits per heavy atom. The molecule has 0 radical (unpaired) electrons. The first-order valence-corrected chi connectivity index (χ1v) is 13.7. The number of piperidine rings is 1. The molecule has 1 aliphatic heterocycles. The lowest BCUT2D eigenvalue weighted by Gasteiger charge is -2.26.